The second kappa shape index (κ2) is 9.71. The number of pyridine rings is 1. The molecule has 0 aliphatic carbocycles. The fourth-order valence-electron chi connectivity index (χ4n) is 3.34. The van der Waals surface area contributed by atoms with E-state index in [1.165, 1.54) is 0 Å². The van der Waals surface area contributed by atoms with Crippen molar-refractivity contribution in [2.24, 2.45) is 0 Å². The van der Waals surface area contributed by atoms with Crippen LogP contribution in [0, 0.1) is 0 Å². The number of aryl methyl sites for hydroxylation is 1. The molecular weight excluding hydrogens is 406 g/mol. The van der Waals surface area contributed by atoms with Gasteiger partial charge in [-0.2, -0.15) is 19.6 Å². The highest BCUT2D eigenvalue weighted by Crippen LogP contribution is 2.19. The van der Waals surface area contributed by atoms with Crippen LogP contribution in [0.15, 0.2) is 54.9 Å². The predicted octanol–water partition coefficient (Wildman–Crippen LogP) is 2.51. The van der Waals surface area contributed by atoms with Gasteiger partial charge in [0.1, 0.15) is 0 Å². The van der Waals surface area contributed by atoms with Crippen molar-refractivity contribution in [3.63, 3.8) is 0 Å². The van der Waals surface area contributed by atoms with Crippen LogP contribution in [0.4, 0.5) is 11.9 Å². The summed E-state index contributed by atoms with van der Waals surface area (Å²) < 4.78 is 1.67. The molecule has 3 aromatic heterocycles. The van der Waals surface area contributed by atoms with Crippen LogP contribution in [0.2, 0.25) is 0 Å². The van der Waals surface area contributed by atoms with Crippen LogP contribution in [-0.2, 0) is 13.0 Å². The molecule has 32 heavy (non-hydrogen) atoms. The second-order valence-electron chi connectivity index (χ2n) is 7.57. The lowest BCUT2D eigenvalue weighted by molar-refractivity contribution is 0.132. The van der Waals surface area contributed by atoms with Crippen LogP contribution in [0.5, 0.6) is 0 Å². The zero-order valence-corrected chi connectivity index (χ0v) is 18.1. The van der Waals surface area contributed by atoms with Crippen LogP contribution in [-0.4, -0.2) is 53.5 Å². The second-order valence-corrected chi connectivity index (χ2v) is 7.57. The number of anilines is 2. The van der Waals surface area contributed by atoms with E-state index in [0.29, 0.717) is 24.1 Å². The van der Waals surface area contributed by atoms with Gasteiger partial charge in [0.05, 0.1) is 30.6 Å². The van der Waals surface area contributed by atoms with E-state index < -0.39 is 12.1 Å². The lowest BCUT2D eigenvalue weighted by Gasteiger charge is -2.19. The lowest BCUT2D eigenvalue weighted by Crippen LogP contribution is -2.35. The lowest BCUT2D eigenvalue weighted by atomic mass is 10.1. The smallest absolute Gasteiger partial charge is 0.229 e. The number of fused-ring (bicyclic) bond motifs is 1. The minimum atomic E-state index is -0.760. The molecule has 1 aromatic carbocycles. The molecule has 0 bridgehead atoms. The third-order valence-electron chi connectivity index (χ3n) is 5.28. The first-order valence-electron chi connectivity index (χ1n) is 10.6. The van der Waals surface area contributed by atoms with Gasteiger partial charge in [0.15, 0.2) is 5.65 Å². The zero-order chi connectivity index (χ0) is 22.5. The van der Waals surface area contributed by atoms with E-state index in [9.17, 15) is 10.2 Å². The van der Waals surface area contributed by atoms with Gasteiger partial charge in [-0.25, -0.2) is 0 Å². The van der Waals surface area contributed by atoms with Crippen molar-refractivity contribution in [1.82, 2.24) is 24.6 Å². The van der Waals surface area contributed by atoms with E-state index in [1.54, 1.807) is 23.8 Å². The Bertz CT molecular complexity index is 1160. The average molecular weight is 434 g/mol. The minimum Gasteiger partial charge on any atom is -0.394 e. The van der Waals surface area contributed by atoms with Crippen molar-refractivity contribution in [3.05, 3.63) is 66.0 Å². The standard InChI is InChI=1S/C23H27N7O2/c1-3-17-13-26-30-21(17)28-22(27-20(14-31)15(2)32)29-23(30)25-12-16-7-9-18(10-8-16)19-6-4-5-11-24-19/h4-11,13,15,20,31-32H,3,12,14H2,1-2H3,(H2,25,27,28,29)/t15-,20-/m0/s1. The van der Waals surface area contributed by atoms with E-state index in [0.717, 1.165) is 28.8 Å². The first-order valence-corrected chi connectivity index (χ1v) is 10.6. The average Bonchev–Trinajstić information content (AvgIpc) is 3.25. The molecular formula is C23H27N7O2. The first-order chi connectivity index (χ1) is 15.6. The van der Waals surface area contributed by atoms with E-state index >= 15 is 0 Å². The van der Waals surface area contributed by atoms with Crippen molar-refractivity contribution in [1.29, 1.82) is 0 Å². The van der Waals surface area contributed by atoms with Gasteiger partial charge in [0, 0.05) is 23.9 Å². The van der Waals surface area contributed by atoms with Gasteiger partial charge in [-0.05, 0) is 31.0 Å². The topological polar surface area (TPSA) is 120 Å². The quantitative estimate of drug-likeness (QED) is 0.318. The van der Waals surface area contributed by atoms with E-state index in [1.807, 2.05) is 49.4 Å². The molecule has 0 saturated carbocycles. The minimum absolute atomic E-state index is 0.239. The Morgan fingerprint density at radius 1 is 1.09 bits per heavy atom. The molecule has 3 heterocycles. The summed E-state index contributed by atoms with van der Waals surface area (Å²) in [4.78, 5) is 13.5. The number of rotatable bonds is 9. The Morgan fingerprint density at radius 3 is 2.56 bits per heavy atom. The largest absolute Gasteiger partial charge is 0.394 e. The molecule has 4 rings (SSSR count). The fraction of sp³-hybridized carbons (Fsp3) is 0.304. The van der Waals surface area contributed by atoms with Crippen LogP contribution < -0.4 is 10.6 Å². The molecule has 0 aliphatic heterocycles. The predicted molar refractivity (Wildman–Crippen MR) is 123 cm³/mol. The Kier molecular flexibility index (Phi) is 6.58. The summed E-state index contributed by atoms with van der Waals surface area (Å²) in [5.41, 5.74) is 4.72. The van der Waals surface area contributed by atoms with Gasteiger partial charge < -0.3 is 20.8 Å². The number of aliphatic hydroxyl groups is 2. The van der Waals surface area contributed by atoms with Crippen LogP contribution in [0.3, 0.4) is 0 Å². The summed E-state index contributed by atoms with van der Waals surface area (Å²) in [5.74, 6) is 0.842. The molecule has 0 saturated heterocycles. The summed E-state index contributed by atoms with van der Waals surface area (Å²) in [6.07, 6.45) is 3.57. The van der Waals surface area contributed by atoms with Gasteiger partial charge in [-0.1, -0.05) is 37.3 Å². The molecule has 0 amide bonds. The highest BCUT2D eigenvalue weighted by atomic mass is 16.3. The van der Waals surface area contributed by atoms with Gasteiger partial charge in [0.2, 0.25) is 11.9 Å². The molecule has 4 N–H and O–H groups in total. The van der Waals surface area contributed by atoms with Gasteiger partial charge in [-0.3, -0.25) is 4.98 Å². The zero-order valence-electron chi connectivity index (χ0n) is 18.1. The van der Waals surface area contributed by atoms with Crippen molar-refractivity contribution in [2.75, 3.05) is 17.2 Å². The van der Waals surface area contributed by atoms with Crippen LogP contribution >= 0.6 is 0 Å². The van der Waals surface area contributed by atoms with Crippen LogP contribution in [0.1, 0.15) is 25.0 Å². The number of hydrogen-bond acceptors (Lipinski definition) is 8. The molecule has 166 valence electrons. The number of aromatic nitrogens is 5. The molecule has 2 atom stereocenters. The normalized spacial score (nSPS) is 13.1. The highest BCUT2D eigenvalue weighted by molar-refractivity contribution is 5.59. The Balaban J connectivity index is 1.57. The molecule has 0 aliphatic rings. The maximum Gasteiger partial charge on any atom is 0.229 e. The molecule has 0 unspecified atom stereocenters. The maximum atomic E-state index is 9.86. The monoisotopic (exact) mass is 433 g/mol. The third kappa shape index (κ3) is 4.68. The van der Waals surface area contributed by atoms with E-state index in [4.69, 9.17) is 0 Å². The Morgan fingerprint density at radius 2 is 1.91 bits per heavy atom. The van der Waals surface area contributed by atoms with Gasteiger partial charge in [0.25, 0.3) is 0 Å². The first kappa shape index (κ1) is 21.7. The maximum absolute atomic E-state index is 9.86. The molecule has 0 fully saturated rings. The molecule has 9 heteroatoms. The summed E-state index contributed by atoms with van der Waals surface area (Å²) in [6, 6.07) is 13.5. The van der Waals surface area contributed by atoms with Crippen molar-refractivity contribution < 1.29 is 10.2 Å². The number of hydrogen-bond donors (Lipinski definition) is 4. The number of benzene rings is 1. The SMILES string of the molecule is CCc1cnn2c(NCc3ccc(-c4ccccn4)cc3)nc(N[C@@H](CO)[C@H](C)O)nc12. The summed E-state index contributed by atoms with van der Waals surface area (Å²) >= 11 is 0. The van der Waals surface area contributed by atoms with Crippen molar-refractivity contribution in [3.8, 4) is 11.3 Å². The number of nitrogens with zero attached hydrogens (tertiary/aromatic N) is 5. The van der Waals surface area contributed by atoms with Crippen molar-refractivity contribution >= 4 is 17.5 Å². The molecule has 0 radical (unpaired) electrons. The summed E-state index contributed by atoms with van der Waals surface area (Å²) in [7, 11) is 0. The Hall–Kier alpha value is -3.56. The third-order valence-corrected chi connectivity index (χ3v) is 5.28. The summed E-state index contributed by atoms with van der Waals surface area (Å²) in [5, 5.41) is 30.2. The van der Waals surface area contributed by atoms with Crippen LogP contribution in [0.25, 0.3) is 16.9 Å². The molecule has 4 aromatic rings. The number of aliphatic hydroxyl groups excluding tert-OH is 2. The highest BCUT2D eigenvalue weighted by Gasteiger charge is 2.18. The van der Waals surface area contributed by atoms with Gasteiger partial charge in [-0.15, -0.1) is 0 Å². The van der Waals surface area contributed by atoms with Gasteiger partial charge >= 0.3 is 0 Å². The fourth-order valence-corrected chi connectivity index (χ4v) is 3.34. The molecule has 0 spiro atoms. The summed E-state index contributed by atoms with van der Waals surface area (Å²) in [6.45, 7) is 3.94. The Labute approximate surface area is 186 Å². The van der Waals surface area contributed by atoms with E-state index in [-0.39, 0.29) is 6.61 Å². The molecule has 9 nitrogen and oxygen atoms in total. The number of nitrogens with one attached hydrogen (secondary N) is 2. The van der Waals surface area contributed by atoms with Crippen molar-refractivity contribution in [2.45, 2.75) is 39.0 Å². The van der Waals surface area contributed by atoms with E-state index in [2.05, 4.69) is 30.7 Å².